The molecule has 1 aromatic rings. The number of carbonyl (C=O) groups is 2. The van der Waals surface area contributed by atoms with Crippen LogP contribution in [-0.2, 0) is 16.1 Å². The summed E-state index contributed by atoms with van der Waals surface area (Å²) in [5, 5.41) is 0. The van der Waals surface area contributed by atoms with Crippen molar-refractivity contribution in [1.29, 1.82) is 0 Å². The molecule has 0 spiro atoms. The number of likely N-dealkylation sites (N-methyl/N-ethyl adjacent to an activating group) is 1. The maximum atomic E-state index is 13.2. The summed E-state index contributed by atoms with van der Waals surface area (Å²) in [5.74, 6) is -0.0801. The van der Waals surface area contributed by atoms with E-state index >= 15 is 0 Å². The molecule has 1 fully saturated rings. The van der Waals surface area contributed by atoms with Gasteiger partial charge in [0.25, 0.3) is 5.91 Å². The maximum Gasteiger partial charge on any atom is 0.253 e. The van der Waals surface area contributed by atoms with Gasteiger partial charge >= 0.3 is 0 Å². The highest BCUT2D eigenvalue weighted by atomic mass is 16.5. The van der Waals surface area contributed by atoms with Crippen LogP contribution in [0, 0.1) is 5.41 Å². The molecule has 0 aliphatic heterocycles. The predicted octanol–water partition coefficient (Wildman–Crippen LogP) is 2.27. The summed E-state index contributed by atoms with van der Waals surface area (Å²) in [6.07, 6.45) is 0.547. The fourth-order valence-electron chi connectivity index (χ4n) is 3.64. The third-order valence-electron chi connectivity index (χ3n) is 5.86. The number of hydrogen-bond donors (Lipinski definition) is 1. The monoisotopic (exact) mass is 375 g/mol. The van der Waals surface area contributed by atoms with E-state index in [0.717, 1.165) is 5.56 Å². The number of rotatable bonds is 7. The summed E-state index contributed by atoms with van der Waals surface area (Å²) in [6, 6.07) is 7.38. The lowest BCUT2D eigenvalue weighted by Gasteiger charge is -2.58. The normalized spacial score (nSPS) is 23.4. The molecule has 150 valence electrons. The number of carbonyl (C=O) groups excluding carboxylic acids is 2. The van der Waals surface area contributed by atoms with Gasteiger partial charge in [-0.3, -0.25) is 9.59 Å². The first kappa shape index (κ1) is 21.4. The molecule has 0 radical (unpaired) electrons. The van der Waals surface area contributed by atoms with E-state index in [1.165, 1.54) is 0 Å². The summed E-state index contributed by atoms with van der Waals surface area (Å²) in [4.78, 5) is 28.5. The third kappa shape index (κ3) is 3.87. The Balaban J connectivity index is 2.11. The molecule has 1 aromatic carbocycles. The van der Waals surface area contributed by atoms with E-state index in [-0.39, 0.29) is 17.9 Å². The molecule has 0 heterocycles. The molecule has 0 saturated heterocycles. The molecule has 0 aromatic heterocycles. The lowest BCUT2D eigenvalue weighted by Crippen LogP contribution is -2.76. The van der Waals surface area contributed by atoms with Gasteiger partial charge in [0.05, 0.1) is 6.10 Å². The molecular weight excluding hydrogens is 342 g/mol. The van der Waals surface area contributed by atoms with Crippen LogP contribution < -0.4 is 5.73 Å². The standard InChI is InChI=1S/C21H33N3O3/c1-7-24(14-15-9-11-16(12-10-15)18(25)23(5)6)19(26)21(22)13-17(27-8-2)20(21,3)4/h9-12,17H,7-8,13-14,22H2,1-6H3. The fourth-order valence-corrected chi connectivity index (χ4v) is 3.64. The molecule has 6 heteroatoms. The van der Waals surface area contributed by atoms with E-state index in [4.69, 9.17) is 10.5 Å². The zero-order valence-electron chi connectivity index (χ0n) is 17.4. The Kier molecular flexibility index (Phi) is 6.32. The molecule has 2 rings (SSSR count). The van der Waals surface area contributed by atoms with Crippen molar-refractivity contribution in [3.05, 3.63) is 35.4 Å². The SMILES string of the molecule is CCOC1CC(N)(C(=O)N(CC)Cc2ccc(C(=O)N(C)C)cc2)C1(C)C. The smallest absolute Gasteiger partial charge is 0.253 e. The summed E-state index contributed by atoms with van der Waals surface area (Å²) < 4.78 is 5.74. The largest absolute Gasteiger partial charge is 0.378 e. The van der Waals surface area contributed by atoms with Crippen LogP contribution in [0.2, 0.25) is 0 Å². The Hall–Kier alpha value is -1.92. The van der Waals surface area contributed by atoms with Gasteiger partial charge in [-0.15, -0.1) is 0 Å². The van der Waals surface area contributed by atoms with Gasteiger partial charge < -0.3 is 20.3 Å². The van der Waals surface area contributed by atoms with Crippen LogP contribution in [-0.4, -0.2) is 60.5 Å². The first-order valence-corrected chi connectivity index (χ1v) is 9.59. The molecule has 6 nitrogen and oxygen atoms in total. The molecule has 1 saturated carbocycles. The summed E-state index contributed by atoms with van der Waals surface area (Å²) in [6.45, 7) is 9.59. The molecule has 2 atom stereocenters. The van der Waals surface area contributed by atoms with Gasteiger partial charge in [0.1, 0.15) is 5.54 Å². The second kappa shape index (κ2) is 7.98. The van der Waals surface area contributed by atoms with E-state index in [1.54, 1.807) is 36.0 Å². The molecule has 1 aliphatic carbocycles. The van der Waals surface area contributed by atoms with E-state index in [2.05, 4.69) is 0 Å². The van der Waals surface area contributed by atoms with E-state index in [0.29, 0.717) is 31.7 Å². The number of ether oxygens (including phenoxy) is 1. The van der Waals surface area contributed by atoms with Gasteiger partial charge in [-0.25, -0.2) is 0 Å². The lowest BCUT2D eigenvalue weighted by molar-refractivity contribution is -0.179. The number of nitrogens with two attached hydrogens (primary N) is 1. The van der Waals surface area contributed by atoms with Crippen LogP contribution in [0.5, 0.6) is 0 Å². The summed E-state index contributed by atoms with van der Waals surface area (Å²) in [5.41, 5.74) is 6.84. The van der Waals surface area contributed by atoms with Gasteiger partial charge in [0, 0.05) is 51.2 Å². The number of amides is 2. The van der Waals surface area contributed by atoms with Crippen molar-refractivity contribution in [3.8, 4) is 0 Å². The van der Waals surface area contributed by atoms with Crippen LogP contribution in [0.25, 0.3) is 0 Å². The summed E-state index contributed by atoms with van der Waals surface area (Å²) >= 11 is 0. The third-order valence-corrected chi connectivity index (χ3v) is 5.86. The van der Waals surface area contributed by atoms with Crippen molar-refractivity contribution in [3.63, 3.8) is 0 Å². The zero-order chi connectivity index (χ0) is 20.4. The second-order valence-corrected chi connectivity index (χ2v) is 8.06. The molecule has 2 amide bonds. The van der Waals surface area contributed by atoms with Gasteiger partial charge in [0.15, 0.2) is 0 Å². The minimum absolute atomic E-state index is 0.00601. The zero-order valence-corrected chi connectivity index (χ0v) is 17.4. The first-order chi connectivity index (χ1) is 12.6. The molecule has 2 N–H and O–H groups in total. The van der Waals surface area contributed by atoms with Gasteiger partial charge in [0.2, 0.25) is 5.91 Å². The minimum atomic E-state index is -0.913. The van der Waals surface area contributed by atoms with Crippen LogP contribution in [0.15, 0.2) is 24.3 Å². The Bertz CT molecular complexity index is 684. The van der Waals surface area contributed by atoms with Crippen molar-refractivity contribution in [2.24, 2.45) is 11.1 Å². The molecule has 2 unspecified atom stereocenters. The van der Waals surface area contributed by atoms with Crippen molar-refractivity contribution in [2.45, 2.75) is 52.3 Å². The fraction of sp³-hybridized carbons (Fsp3) is 0.619. The Labute approximate surface area is 162 Å². The average Bonchev–Trinajstić information content (AvgIpc) is 2.64. The van der Waals surface area contributed by atoms with E-state index < -0.39 is 11.0 Å². The number of nitrogens with zero attached hydrogens (tertiary/aromatic N) is 2. The number of hydrogen-bond acceptors (Lipinski definition) is 4. The van der Waals surface area contributed by atoms with Crippen molar-refractivity contribution < 1.29 is 14.3 Å². The Morgan fingerprint density at radius 3 is 2.22 bits per heavy atom. The Morgan fingerprint density at radius 2 is 1.78 bits per heavy atom. The van der Waals surface area contributed by atoms with E-state index in [1.807, 2.05) is 39.8 Å². The van der Waals surface area contributed by atoms with Gasteiger partial charge in [-0.05, 0) is 31.5 Å². The average molecular weight is 376 g/mol. The van der Waals surface area contributed by atoms with Crippen molar-refractivity contribution in [1.82, 2.24) is 9.80 Å². The van der Waals surface area contributed by atoms with Crippen LogP contribution in [0.4, 0.5) is 0 Å². The topological polar surface area (TPSA) is 75.9 Å². The highest BCUT2D eigenvalue weighted by molar-refractivity contribution is 5.94. The molecule has 27 heavy (non-hydrogen) atoms. The highest BCUT2D eigenvalue weighted by Crippen LogP contribution is 2.50. The van der Waals surface area contributed by atoms with Crippen LogP contribution >= 0.6 is 0 Å². The van der Waals surface area contributed by atoms with Crippen LogP contribution in [0.3, 0.4) is 0 Å². The minimum Gasteiger partial charge on any atom is -0.378 e. The van der Waals surface area contributed by atoms with Crippen molar-refractivity contribution in [2.75, 3.05) is 27.2 Å². The Morgan fingerprint density at radius 1 is 1.19 bits per heavy atom. The van der Waals surface area contributed by atoms with Crippen LogP contribution in [0.1, 0.15) is 50.0 Å². The number of benzene rings is 1. The van der Waals surface area contributed by atoms with Gasteiger partial charge in [-0.1, -0.05) is 26.0 Å². The van der Waals surface area contributed by atoms with Gasteiger partial charge in [-0.2, -0.15) is 0 Å². The highest BCUT2D eigenvalue weighted by Gasteiger charge is 2.63. The predicted molar refractivity (Wildman–Crippen MR) is 106 cm³/mol. The van der Waals surface area contributed by atoms with Crippen molar-refractivity contribution >= 4 is 11.8 Å². The quantitative estimate of drug-likeness (QED) is 0.793. The molecule has 1 aliphatic rings. The first-order valence-electron chi connectivity index (χ1n) is 9.59. The molecular formula is C21H33N3O3. The summed E-state index contributed by atoms with van der Waals surface area (Å²) in [7, 11) is 3.45. The molecule has 0 bridgehead atoms. The second-order valence-electron chi connectivity index (χ2n) is 8.06. The van der Waals surface area contributed by atoms with E-state index in [9.17, 15) is 9.59 Å². The maximum absolute atomic E-state index is 13.2. The lowest BCUT2D eigenvalue weighted by atomic mass is 9.54.